The van der Waals surface area contributed by atoms with Crippen molar-refractivity contribution >= 4 is 40.6 Å². The maximum absolute atomic E-state index is 13.7. The fourth-order valence-electron chi connectivity index (χ4n) is 2.67. The summed E-state index contributed by atoms with van der Waals surface area (Å²) in [5.74, 6) is -1.36. The first-order valence-corrected chi connectivity index (χ1v) is 10.1. The lowest BCUT2D eigenvalue weighted by Crippen LogP contribution is -2.22. The van der Waals surface area contributed by atoms with Crippen LogP contribution in [0, 0.1) is 15.9 Å². The molecule has 0 radical (unpaired) electrons. The summed E-state index contributed by atoms with van der Waals surface area (Å²) < 4.78 is 13.7. The van der Waals surface area contributed by atoms with Gasteiger partial charge >= 0.3 is 0 Å². The van der Waals surface area contributed by atoms with Crippen LogP contribution >= 0.6 is 11.8 Å². The van der Waals surface area contributed by atoms with Crippen molar-refractivity contribution in [3.05, 3.63) is 94.3 Å². The smallest absolute Gasteiger partial charge is 0.270 e. The van der Waals surface area contributed by atoms with E-state index in [4.69, 9.17) is 0 Å². The van der Waals surface area contributed by atoms with Crippen molar-refractivity contribution < 1.29 is 18.9 Å². The van der Waals surface area contributed by atoms with Crippen molar-refractivity contribution in [2.45, 2.75) is 17.1 Å². The first-order chi connectivity index (χ1) is 14.8. The number of nitro groups is 1. The third kappa shape index (κ3) is 5.89. The minimum absolute atomic E-state index is 0.109. The van der Waals surface area contributed by atoms with Crippen molar-refractivity contribution in [1.82, 2.24) is 0 Å². The van der Waals surface area contributed by atoms with Crippen molar-refractivity contribution in [3.63, 3.8) is 0 Å². The van der Waals surface area contributed by atoms with Gasteiger partial charge in [-0.2, -0.15) is 0 Å². The highest BCUT2D eigenvalue weighted by atomic mass is 32.2. The van der Waals surface area contributed by atoms with Gasteiger partial charge in [0.25, 0.3) is 11.6 Å². The molecule has 1 atom stereocenters. The second-order valence-corrected chi connectivity index (χ2v) is 7.93. The van der Waals surface area contributed by atoms with Crippen LogP contribution in [0.2, 0.25) is 0 Å². The van der Waals surface area contributed by atoms with Gasteiger partial charge in [-0.25, -0.2) is 4.39 Å². The molecule has 31 heavy (non-hydrogen) atoms. The molecular weight excluding hydrogens is 421 g/mol. The Morgan fingerprint density at radius 2 is 1.74 bits per heavy atom. The van der Waals surface area contributed by atoms with E-state index in [1.54, 1.807) is 37.3 Å². The Morgan fingerprint density at radius 3 is 2.48 bits per heavy atom. The number of thioether (sulfide) groups is 1. The number of nitrogens with one attached hydrogen (secondary N) is 2. The molecule has 7 nitrogen and oxygen atoms in total. The zero-order valence-corrected chi connectivity index (χ0v) is 17.2. The molecule has 0 saturated heterocycles. The number of benzene rings is 3. The van der Waals surface area contributed by atoms with Crippen LogP contribution in [0.1, 0.15) is 17.3 Å². The van der Waals surface area contributed by atoms with E-state index in [-0.39, 0.29) is 22.8 Å². The van der Waals surface area contributed by atoms with Gasteiger partial charge in [0, 0.05) is 28.3 Å². The molecule has 3 aromatic rings. The lowest BCUT2D eigenvalue weighted by atomic mass is 10.2. The first kappa shape index (κ1) is 22.0. The summed E-state index contributed by atoms with van der Waals surface area (Å²) >= 11 is 1.25. The van der Waals surface area contributed by atoms with Crippen molar-refractivity contribution in [3.8, 4) is 0 Å². The average Bonchev–Trinajstić information content (AvgIpc) is 2.75. The SMILES string of the molecule is CC(Sc1cccc(NC(=O)c2cccc([N+](=O)[O-])c2)c1)C(=O)Nc1ccccc1F. The lowest BCUT2D eigenvalue weighted by molar-refractivity contribution is -0.384. The van der Waals surface area contributed by atoms with E-state index in [1.807, 2.05) is 0 Å². The number of rotatable bonds is 7. The molecule has 0 saturated carbocycles. The number of nitro benzene ring substituents is 1. The second-order valence-electron chi connectivity index (χ2n) is 6.52. The van der Waals surface area contributed by atoms with Crippen molar-refractivity contribution in [1.29, 1.82) is 0 Å². The molecule has 2 amide bonds. The van der Waals surface area contributed by atoms with Gasteiger partial charge < -0.3 is 10.6 Å². The minimum Gasteiger partial charge on any atom is -0.323 e. The van der Waals surface area contributed by atoms with Crippen LogP contribution in [0.3, 0.4) is 0 Å². The Labute approximate surface area is 181 Å². The summed E-state index contributed by atoms with van der Waals surface area (Å²) in [6.45, 7) is 1.69. The molecule has 0 fully saturated rings. The number of hydrogen-bond acceptors (Lipinski definition) is 5. The molecule has 0 aromatic heterocycles. The normalized spacial score (nSPS) is 11.4. The Hall–Kier alpha value is -3.72. The molecule has 0 aliphatic rings. The van der Waals surface area contributed by atoms with Crippen LogP contribution in [0.5, 0.6) is 0 Å². The molecule has 3 rings (SSSR count). The highest BCUT2D eigenvalue weighted by Gasteiger charge is 2.17. The maximum Gasteiger partial charge on any atom is 0.270 e. The second kappa shape index (κ2) is 9.86. The molecule has 1 unspecified atom stereocenters. The summed E-state index contributed by atoms with van der Waals surface area (Å²) in [5.41, 5.74) is 0.567. The fourth-order valence-corrected chi connectivity index (χ4v) is 3.59. The standard InChI is InChI=1S/C22H18FN3O4S/c1-14(21(27)25-20-11-3-2-10-19(20)23)31-18-9-5-7-16(13-18)24-22(28)15-6-4-8-17(12-15)26(29)30/h2-14H,1H3,(H,24,28)(H,25,27). The molecule has 0 heterocycles. The van der Waals surface area contributed by atoms with E-state index in [9.17, 15) is 24.1 Å². The average molecular weight is 439 g/mol. The fraction of sp³-hybridized carbons (Fsp3) is 0.0909. The van der Waals surface area contributed by atoms with E-state index in [2.05, 4.69) is 10.6 Å². The Bertz CT molecular complexity index is 1140. The third-order valence-corrected chi connectivity index (χ3v) is 5.32. The number of amides is 2. The monoisotopic (exact) mass is 439 g/mol. The predicted octanol–water partition coefficient (Wildman–Crippen LogP) is 5.11. The Kier molecular flexibility index (Phi) is 6.99. The number of halogens is 1. The molecule has 0 aliphatic carbocycles. The van der Waals surface area contributed by atoms with Crippen LogP contribution < -0.4 is 10.6 Å². The predicted molar refractivity (Wildman–Crippen MR) is 118 cm³/mol. The number of non-ortho nitro benzene ring substituents is 1. The molecule has 9 heteroatoms. The first-order valence-electron chi connectivity index (χ1n) is 9.21. The summed E-state index contributed by atoms with van der Waals surface area (Å²) in [6, 6.07) is 18.2. The van der Waals surface area contributed by atoms with E-state index in [0.717, 1.165) is 0 Å². The van der Waals surface area contributed by atoms with E-state index >= 15 is 0 Å². The number of hydrogen-bond donors (Lipinski definition) is 2. The number of carbonyl (C=O) groups excluding carboxylic acids is 2. The summed E-state index contributed by atoms with van der Waals surface area (Å²) in [5, 5.41) is 15.6. The molecule has 0 aliphatic heterocycles. The number of carbonyl (C=O) groups is 2. The van der Waals surface area contributed by atoms with E-state index in [1.165, 1.54) is 54.2 Å². The van der Waals surface area contributed by atoms with Crippen LogP contribution in [-0.4, -0.2) is 22.0 Å². The van der Waals surface area contributed by atoms with Gasteiger partial charge in [0.2, 0.25) is 5.91 Å². The van der Waals surface area contributed by atoms with Gasteiger partial charge in [-0.3, -0.25) is 19.7 Å². The number of anilines is 2. The van der Waals surface area contributed by atoms with Gasteiger partial charge in [0.1, 0.15) is 5.82 Å². The maximum atomic E-state index is 13.7. The summed E-state index contributed by atoms with van der Waals surface area (Å²) in [6.07, 6.45) is 0. The van der Waals surface area contributed by atoms with E-state index in [0.29, 0.717) is 10.6 Å². The minimum atomic E-state index is -0.568. The van der Waals surface area contributed by atoms with Gasteiger partial charge in [-0.1, -0.05) is 24.3 Å². The largest absolute Gasteiger partial charge is 0.323 e. The number of para-hydroxylation sites is 1. The molecule has 2 N–H and O–H groups in total. The highest BCUT2D eigenvalue weighted by Crippen LogP contribution is 2.27. The van der Waals surface area contributed by atoms with Crippen LogP contribution in [-0.2, 0) is 4.79 Å². The van der Waals surface area contributed by atoms with Crippen LogP contribution in [0.25, 0.3) is 0 Å². The molecule has 3 aromatic carbocycles. The molecule has 158 valence electrons. The van der Waals surface area contributed by atoms with Gasteiger partial charge in [0.15, 0.2) is 0 Å². The highest BCUT2D eigenvalue weighted by molar-refractivity contribution is 8.00. The van der Waals surface area contributed by atoms with Crippen molar-refractivity contribution in [2.24, 2.45) is 0 Å². The lowest BCUT2D eigenvalue weighted by Gasteiger charge is -2.13. The quantitative estimate of drug-likeness (QED) is 0.303. The van der Waals surface area contributed by atoms with E-state index < -0.39 is 21.9 Å². The van der Waals surface area contributed by atoms with Crippen LogP contribution in [0.4, 0.5) is 21.5 Å². The van der Waals surface area contributed by atoms with Crippen molar-refractivity contribution in [2.75, 3.05) is 10.6 Å². The Balaban J connectivity index is 1.65. The summed E-state index contributed by atoms with van der Waals surface area (Å²) in [7, 11) is 0. The zero-order chi connectivity index (χ0) is 22.4. The van der Waals surface area contributed by atoms with Gasteiger partial charge in [0.05, 0.1) is 15.9 Å². The van der Waals surface area contributed by atoms with Gasteiger partial charge in [-0.15, -0.1) is 11.8 Å². The summed E-state index contributed by atoms with van der Waals surface area (Å²) in [4.78, 5) is 35.8. The third-order valence-electron chi connectivity index (χ3n) is 4.22. The Morgan fingerprint density at radius 1 is 1.00 bits per heavy atom. The molecule has 0 bridgehead atoms. The van der Waals surface area contributed by atoms with Gasteiger partial charge in [-0.05, 0) is 43.3 Å². The number of nitrogens with zero attached hydrogens (tertiary/aromatic N) is 1. The van der Waals surface area contributed by atoms with Crippen LogP contribution in [0.15, 0.2) is 77.7 Å². The molecular formula is C22H18FN3O4S. The topological polar surface area (TPSA) is 101 Å². The molecule has 0 spiro atoms. The zero-order valence-electron chi connectivity index (χ0n) is 16.4.